The molecule has 3 aromatic heterocycles. The highest BCUT2D eigenvalue weighted by molar-refractivity contribution is 7.35. The SMILES string of the molecule is CC(C)(C)c1cccc(N2c3cc(N(c4ccccc4)c4ccccc4)cc4c3B(c3sc5ccc(C(C)(C)C)cc5c3N4c3cccc(C(C)(C)C)c3)c3c2cc(-n2c4ccc(C(C)(C)C)cc4c4cc(C(C)(C)C)ccc42)c2c3sc3ccccc32)c1. The first-order chi connectivity index (χ1) is 42.3. The van der Waals surface area contributed by atoms with Crippen LogP contribution in [0.15, 0.2) is 206 Å². The molecule has 0 saturated carbocycles. The first-order valence-corrected chi connectivity index (χ1v) is 33.5. The lowest BCUT2D eigenvalue weighted by Gasteiger charge is -2.44. The summed E-state index contributed by atoms with van der Waals surface area (Å²) in [6, 6.07) is 79.8. The van der Waals surface area contributed by atoms with Gasteiger partial charge < -0.3 is 19.3 Å². The molecule has 0 amide bonds. The Morgan fingerprint density at radius 2 is 0.787 bits per heavy atom. The topological polar surface area (TPSA) is 14.7 Å². The van der Waals surface area contributed by atoms with E-state index in [1.807, 2.05) is 22.7 Å². The molecule has 0 spiro atoms. The molecule has 2 aliphatic heterocycles. The Morgan fingerprint density at radius 3 is 1.33 bits per heavy atom. The number of hydrogen-bond donors (Lipinski definition) is 0. The molecular weight excluding hydrogens is 1120 g/mol. The maximum absolute atomic E-state index is 2.69. The third kappa shape index (κ3) is 9.27. The van der Waals surface area contributed by atoms with Crippen molar-refractivity contribution in [3.63, 3.8) is 0 Å². The van der Waals surface area contributed by atoms with E-state index in [9.17, 15) is 0 Å². The van der Waals surface area contributed by atoms with E-state index in [0.717, 1.165) is 28.4 Å². The average molecular weight is 1200 g/mol. The number of fused-ring (bicyclic) bond motifs is 13. The van der Waals surface area contributed by atoms with Gasteiger partial charge in [0.1, 0.15) is 0 Å². The van der Waals surface area contributed by atoms with Gasteiger partial charge in [0.15, 0.2) is 0 Å². The zero-order valence-electron chi connectivity index (χ0n) is 54.3. The van der Waals surface area contributed by atoms with Gasteiger partial charge >= 0.3 is 0 Å². The molecule has 15 rings (SSSR count). The Bertz CT molecular complexity index is 4900. The van der Waals surface area contributed by atoms with Crippen molar-refractivity contribution in [1.29, 1.82) is 0 Å². The van der Waals surface area contributed by atoms with Crippen molar-refractivity contribution in [2.75, 3.05) is 14.7 Å². The second-order valence-corrected chi connectivity index (χ2v) is 32.5. The Morgan fingerprint density at radius 1 is 0.337 bits per heavy atom. The van der Waals surface area contributed by atoms with Crippen molar-refractivity contribution in [3.8, 4) is 5.69 Å². The first-order valence-electron chi connectivity index (χ1n) is 31.9. The first kappa shape index (κ1) is 57.1. The summed E-state index contributed by atoms with van der Waals surface area (Å²) in [6.45, 7) is 35.0. The second kappa shape index (κ2) is 20.1. The minimum absolute atomic E-state index is 0.0403. The number of para-hydroxylation sites is 2. The zero-order chi connectivity index (χ0) is 62.0. The summed E-state index contributed by atoms with van der Waals surface area (Å²) in [5.74, 6) is 0. The van der Waals surface area contributed by atoms with Crippen LogP contribution in [0.1, 0.15) is 132 Å². The minimum atomic E-state index is -0.146. The second-order valence-electron chi connectivity index (χ2n) is 30.3. The molecule has 2 aliphatic rings. The molecule has 0 N–H and O–H groups in total. The smallest absolute Gasteiger partial charge is 0.266 e. The van der Waals surface area contributed by atoms with Crippen molar-refractivity contribution in [1.82, 2.24) is 4.57 Å². The summed E-state index contributed by atoms with van der Waals surface area (Å²) in [5, 5.41) is 6.44. The largest absolute Gasteiger partial charge is 0.311 e. The highest BCUT2D eigenvalue weighted by Gasteiger charge is 2.48. The number of benzene rings is 10. The molecule has 89 heavy (non-hydrogen) atoms. The van der Waals surface area contributed by atoms with Gasteiger partial charge in [-0.25, -0.2) is 0 Å². The Hall–Kier alpha value is -8.36. The monoisotopic (exact) mass is 1190 g/mol. The molecule has 0 radical (unpaired) electrons. The molecule has 0 fully saturated rings. The van der Waals surface area contributed by atoms with Crippen LogP contribution in [0, 0.1) is 0 Å². The normalized spacial score (nSPS) is 13.7. The van der Waals surface area contributed by atoms with Crippen LogP contribution in [0.4, 0.5) is 51.2 Å². The van der Waals surface area contributed by atoms with Gasteiger partial charge in [0.2, 0.25) is 0 Å². The Labute approximate surface area is 534 Å². The van der Waals surface area contributed by atoms with Crippen LogP contribution in [-0.2, 0) is 27.1 Å². The predicted molar refractivity (Wildman–Crippen MR) is 391 cm³/mol. The van der Waals surface area contributed by atoms with Gasteiger partial charge in [-0.05, 0) is 175 Å². The molecule has 0 unspecified atom stereocenters. The van der Waals surface area contributed by atoms with Crippen molar-refractivity contribution in [2.24, 2.45) is 0 Å². The summed E-state index contributed by atoms with van der Waals surface area (Å²) in [7, 11) is 0. The number of nitrogens with zero attached hydrogens (tertiary/aromatic N) is 4. The van der Waals surface area contributed by atoms with E-state index in [2.05, 4.69) is 329 Å². The summed E-state index contributed by atoms with van der Waals surface area (Å²) in [4.78, 5) is 7.85. The number of anilines is 9. The maximum atomic E-state index is 2.69. The standard InChI is InChI=1S/C82H79BN4S2/c1-78(2,3)50-26-24-32-57(42-50)85-67-47-59(84(55-28-18-16-19-29-55)56-30-20-17-21-31-56)48-68-73(67)83(77-75(63-46-54(82(13,14)15)38-41-71(63)89-77)86(68)58-33-25-27-51(43-58)79(4,5)6)74-69(85)49-66(72-60-34-22-23-35-70(60)88-76(72)74)87-64-39-36-52(80(7,8)9)44-61(64)62-45-53(81(10,11)12)37-40-65(62)87/h16-49H,1-15H3. The van der Waals surface area contributed by atoms with Gasteiger partial charge in [0.05, 0.1) is 28.1 Å². The summed E-state index contributed by atoms with van der Waals surface area (Å²) < 4.78 is 7.92. The van der Waals surface area contributed by atoms with Crippen molar-refractivity contribution < 1.29 is 0 Å². The lowest BCUT2D eigenvalue weighted by Crippen LogP contribution is -2.60. The van der Waals surface area contributed by atoms with Crippen molar-refractivity contribution in [3.05, 3.63) is 234 Å². The fourth-order valence-corrected chi connectivity index (χ4v) is 16.8. The van der Waals surface area contributed by atoms with E-state index in [0.29, 0.717) is 0 Å². The molecule has 0 atom stereocenters. The average Bonchev–Trinajstić information content (AvgIpc) is 1.66. The predicted octanol–water partition coefficient (Wildman–Crippen LogP) is 22.4. The van der Waals surface area contributed by atoms with Gasteiger partial charge in [-0.2, -0.15) is 0 Å². The molecule has 10 aromatic carbocycles. The van der Waals surface area contributed by atoms with Gasteiger partial charge in [0, 0.05) is 85.6 Å². The summed E-state index contributed by atoms with van der Waals surface area (Å²) in [6.07, 6.45) is 0. The van der Waals surface area contributed by atoms with Crippen LogP contribution in [0.25, 0.3) is 57.8 Å². The highest BCUT2D eigenvalue weighted by Crippen LogP contribution is 2.54. The molecule has 0 saturated heterocycles. The molecule has 4 nitrogen and oxygen atoms in total. The third-order valence-electron chi connectivity index (χ3n) is 19.1. The van der Waals surface area contributed by atoms with Gasteiger partial charge in [-0.3, -0.25) is 0 Å². The van der Waals surface area contributed by atoms with Crippen LogP contribution in [0.5, 0.6) is 0 Å². The lowest BCUT2D eigenvalue weighted by atomic mass is 9.36. The van der Waals surface area contributed by atoms with Crippen LogP contribution in [0.2, 0.25) is 0 Å². The molecule has 0 bridgehead atoms. The highest BCUT2D eigenvalue weighted by atomic mass is 32.1. The lowest BCUT2D eigenvalue weighted by molar-refractivity contribution is 0.590. The van der Waals surface area contributed by atoms with Gasteiger partial charge in [-0.1, -0.05) is 201 Å². The van der Waals surface area contributed by atoms with E-state index in [1.165, 1.54) is 124 Å². The molecule has 7 heteroatoms. The van der Waals surface area contributed by atoms with Crippen molar-refractivity contribution >= 4 is 148 Å². The van der Waals surface area contributed by atoms with Crippen LogP contribution < -0.4 is 30.4 Å². The fraction of sp³-hybridized carbons (Fsp3) is 0.244. The number of thiophene rings is 2. The van der Waals surface area contributed by atoms with E-state index in [-0.39, 0.29) is 33.8 Å². The summed E-state index contributed by atoms with van der Waals surface area (Å²) in [5.41, 5.74) is 22.9. The number of rotatable bonds is 6. The van der Waals surface area contributed by atoms with Gasteiger partial charge in [0.25, 0.3) is 6.71 Å². The van der Waals surface area contributed by atoms with E-state index in [1.54, 1.807) is 0 Å². The Kier molecular flexibility index (Phi) is 12.9. The van der Waals surface area contributed by atoms with E-state index < -0.39 is 0 Å². The number of hydrogen-bond acceptors (Lipinski definition) is 5. The molecule has 5 heterocycles. The maximum Gasteiger partial charge on any atom is 0.266 e. The van der Waals surface area contributed by atoms with Crippen LogP contribution in [-0.4, -0.2) is 11.3 Å². The van der Waals surface area contributed by atoms with Gasteiger partial charge in [-0.15, -0.1) is 22.7 Å². The third-order valence-corrected chi connectivity index (χ3v) is 21.5. The zero-order valence-corrected chi connectivity index (χ0v) is 55.9. The molecular formula is C82H79BN4S2. The minimum Gasteiger partial charge on any atom is -0.311 e. The van der Waals surface area contributed by atoms with Crippen LogP contribution in [0.3, 0.4) is 0 Å². The number of aromatic nitrogens is 1. The quantitative estimate of drug-likeness (QED) is 0.154. The fourth-order valence-electron chi connectivity index (χ4n) is 14.2. The van der Waals surface area contributed by atoms with E-state index >= 15 is 0 Å². The molecule has 13 aromatic rings. The molecule has 0 aliphatic carbocycles. The molecule has 442 valence electrons. The Balaban J connectivity index is 1.16. The van der Waals surface area contributed by atoms with Crippen LogP contribution >= 0.6 is 22.7 Å². The summed E-state index contributed by atoms with van der Waals surface area (Å²) >= 11 is 3.97. The van der Waals surface area contributed by atoms with Crippen molar-refractivity contribution in [2.45, 2.75) is 131 Å². The van der Waals surface area contributed by atoms with E-state index in [4.69, 9.17) is 0 Å².